The molecule has 1 atom stereocenters. The average molecular weight is 180 g/mol. The van der Waals surface area contributed by atoms with Gasteiger partial charge in [0, 0.05) is 10.5 Å². The monoisotopic (exact) mass is 180 g/mol. The van der Waals surface area contributed by atoms with Crippen molar-refractivity contribution >= 4 is 17.3 Å². The first-order valence-corrected chi connectivity index (χ1v) is 4.58. The highest BCUT2D eigenvalue weighted by atomic mass is 32.1. The Hall–Kier alpha value is -1.09. The van der Waals surface area contributed by atoms with Crippen molar-refractivity contribution in [2.45, 2.75) is 13.0 Å². The third-order valence-electron chi connectivity index (χ3n) is 1.78. The number of hydrogen-bond donors (Lipinski definition) is 0. The molecule has 3 heteroatoms. The molecule has 1 aromatic heterocycles. The van der Waals surface area contributed by atoms with Crippen LogP contribution in [0.1, 0.15) is 17.9 Å². The predicted molar refractivity (Wildman–Crippen MR) is 46.9 cm³/mol. The van der Waals surface area contributed by atoms with Crippen molar-refractivity contribution in [3.8, 4) is 0 Å². The van der Waals surface area contributed by atoms with E-state index in [1.807, 2.05) is 23.6 Å². The van der Waals surface area contributed by atoms with E-state index in [1.54, 1.807) is 18.3 Å². The highest BCUT2D eigenvalue weighted by molar-refractivity contribution is 7.10. The average Bonchev–Trinajstić information content (AvgIpc) is 2.61. The topological polar surface area (TPSA) is 26.3 Å². The highest BCUT2D eigenvalue weighted by Crippen LogP contribution is 2.30. The molecule has 2 heterocycles. The van der Waals surface area contributed by atoms with Gasteiger partial charge in [0.1, 0.15) is 0 Å². The molecule has 2 nitrogen and oxygen atoms in total. The van der Waals surface area contributed by atoms with Gasteiger partial charge in [-0.3, -0.25) is 0 Å². The number of ether oxygens (including phenoxy) is 1. The molecular formula is C9H8O2S. The Kier molecular flexibility index (Phi) is 1.73. The van der Waals surface area contributed by atoms with E-state index in [1.165, 1.54) is 0 Å². The summed E-state index contributed by atoms with van der Waals surface area (Å²) >= 11 is 1.60. The molecule has 0 amide bonds. The lowest BCUT2D eigenvalue weighted by Crippen LogP contribution is -1.99. The van der Waals surface area contributed by atoms with Crippen LogP contribution < -0.4 is 0 Å². The Balaban J connectivity index is 2.25. The van der Waals surface area contributed by atoms with Crippen LogP contribution in [0.15, 0.2) is 29.2 Å². The quantitative estimate of drug-likeness (QED) is 0.620. The van der Waals surface area contributed by atoms with E-state index in [2.05, 4.69) is 0 Å². The number of hydrogen-bond acceptors (Lipinski definition) is 3. The Morgan fingerprint density at radius 1 is 1.58 bits per heavy atom. The minimum atomic E-state index is -0.201. The molecule has 12 heavy (non-hydrogen) atoms. The fourth-order valence-electron chi connectivity index (χ4n) is 1.13. The summed E-state index contributed by atoms with van der Waals surface area (Å²) in [4.78, 5) is 12.1. The number of carbonyl (C=O) groups is 1. The molecule has 62 valence electrons. The summed E-state index contributed by atoms with van der Waals surface area (Å²) in [6.45, 7) is 1.77. The van der Waals surface area contributed by atoms with Crippen molar-refractivity contribution in [3.05, 3.63) is 34.0 Å². The van der Waals surface area contributed by atoms with Crippen molar-refractivity contribution in [1.29, 1.82) is 0 Å². The predicted octanol–water partition coefficient (Wildman–Crippen LogP) is 2.29. The second-order valence-electron chi connectivity index (χ2n) is 2.69. The first-order chi connectivity index (χ1) is 5.77. The van der Waals surface area contributed by atoms with E-state index >= 15 is 0 Å². The third-order valence-corrected chi connectivity index (χ3v) is 2.71. The van der Waals surface area contributed by atoms with Gasteiger partial charge >= 0.3 is 5.97 Å². The SMILES string of the molecule is CC1=CC(c2cccs2)OC1=O. The van der Waals surface area contributed by atoms with Gasteiger partial charge in [-0.05, 0) is 24.4 Å². The molecule has 1 aromatic rings. The van der Waals surface area contributed by atoms with Crippen molar-refractivity contribution in [2.24, 2.45) is 0 Å². The normalized spacial score (nSPS) is 22.2. The third kappa shape index (κ3) is 1.16. The van der Waals surface area contributed by atoms with Gasteiger partial charge in [0.15, 0.2) is 6.10 Å². The number of esters is 1. The van der Waals surface area contributed by atoms with Crippen molar-refractivity contribution in [3.63, 3.8) is 0 Å². The summed E-state index contributed by atoms with van der Waals surface area (Å²) in [7, 11) is 0. The van der Waals surface area contributed by atoms with E-state index < -0.39 is 0 Å². The zero-order valence-corrected chi connectivity index (χ0v) is 7.43. The van der Waals surface area contributed by atoms with Crippen molar-refractivity contribution in [2.75, 3.05) is 0 Å². The second kappa shape index (κ2) is 2.75. The summed E-state index contributed by atoms with van der Waals surface area (Å²) in [5.41, 5.74) is 0.702. The summed E-state index contributed by atoms with van der Waals surface area (Å²) in [6.07, 6.45) is 1.71. The Labute approximate surface area is 74.5 Å². The molecule has 1 aliphatic heterocycles. The van der Waals surface area contributed by atoms with Crippen LogP contribution in [0, 0.1) is 0 Å². The van der Waals surface area contributed by atoms with E-state index in [-0.39, 0.29) is 12.1 Å². The summed E-state index contributed by atoms with van der Waals surface area (Å²) in [6, 6.07) is 3.92. The maximum Gasteiger partial charge on any atom is 0.334 e. The lowest BCUT2D eigenvalue weighted by molar-refractivity contribution is -0.139. The molecule has 0 saturated heterocycles. The van der Waals surface area contributed by atoms with Gasteiger partial charge in [-0.2, -0.15) is 0 Å². The lowest BCUT2D eigenvalue weighted by atomic mass is 10.2. The Morgan fingerprint density at radius 3 is 2.92 bits per heavy atom. The van der Waals surface area contributed by atoms with Gasteiger partial charge in [-0.15, -0.1) is 11.3 Å². The van der Waals surface area contributed by atoms with Gasteiger partial charge in [0.2, 0.25) is 0 Å². The standard InChI is InChI=1S/C9H8O2S/c1-6-5-7(11-9(6)10)8-3-2-4-12-8/h2-5,7H,1H3. The molecular weight excluding hydrogens is 172 g/mol. The number of thiophene rings is 1. The molecule has 0 N–H and O–H groups in total. The van der Waals surface area contributed by atoms with E-state index in [9.17, 15) is 4.79 Å². The van der Waals surface area contributed by atoms with E-state index in [4.69, 9.17) is 4.74 Å². The van der Waals surface area contributed by atoms with Gasteiger partial charge in [-0.25, -0.2) is 4.79 Å². The van der Waals surface area contributed by atoms with E-state index in [0.29, 0.717) is 5.57 Å². The van der Waals surface area contributed by atoms with Crippen LogP contribution in [0.4, 0.5) is 0 Å². The number of cyclic esters (lactones) is 1. The van der Waals surface area contributed by atoms with Crippen LogP contribution in [-0.4, -0.2) is 5.97 Å². The molecule has 0 aliphatic carbocycles. The van der Waals surface area contributed by atoms with Gasteiger partial charge in [0.25, 0.3) is 0 Å². The molecule has 0 radical (unpaired) electrons. The molecule has 0 saturated carbocycles. The van der Waals surface area contributed by atoms with Crippen LogP contribution in [-0.2, 0) is 9.53 Å². The van der Waals surface area contributed by atoms with Crippen LogP contribution in [0.3, 0.4) is 0 Å². The fourth-order valence-corrected chi connectivity index (χ4v) is 1.85. The van der Waals surface area contributed by atoms with Crippen LogP contribution in [0.2, 0.25) is 0 Å². The Morgan fingerprint density at radius 2 is 2.42 bits per heavy atom. The van der Waals surface area contributed by atoms with Crippen LogP contribution in [0.5, 0.6) is 0 Å². The minimum Gasteiger partial charge on any atom is -0.449 e. The zero-order chi connectivity index (χ0) is 8.55. The smallest absolute Gasteiger partial charge is 0.334 e. The van der Waals surface area contributed by atoms with Crippen molar-refractivity contribution < 1.29 is 9.53 Å². The molecule has 0 fully saturated rings. The number of rotatable bonds is 1. The molecule has 0 aromatic carbocycles. The first kappa shape index (κ1) is 7.55. The Bertz CT molecular complexity index is 324. The van der Waals surface area contributed by atoms with Gasteiger partial charge in [0.05, 0.1) is 0 Å². The maximum atomic E-state index is 11.0. The molecule has 1 aliphatic rings. The molecule has 0 bridgehead atoms. The number of carbonyl (C=O) groups excluding carboxylic acids is 1. The van der Waals surface area contributed by atoms with Crippen molar-refractivity contribution in [1.82, 2.24) is 0 Å². The van der Waals surface area contributed by atoms with Gasteiger partial charge < -0.3 is 4.74 Å². The largest absolute Gasteiger partial charge is 0.449 e. The van der Waals surface area contributed by atoms with Crippen LogP contribution >= 0.6 is 11.3 Å². The highest BCUT2D eigenvalue weighted by Gasteiger charge is 2.23. The van der Waals surface area contributed by atoms with Crippen LogP contribution in [0.25, 0.3) is 0 Å². The first-order valence-electron chi connectivity index (χ1n) is 3.70. The maximum absolute atomic E-state index is 11.0. The molecule has 1 unspecified atom stereocenters. The second-order valence-corrected chi connectivity index (χ2v) is 3.67. The molecule has 0 spiro atoms. The zero-order valence-electron chi connectivity index (χ0n) is 6.61. The summed E-state index contributed by atoms with van der Waals surface area (Å²) < 4.78 is 5.10. The lowest BCUT2D eigenvalue weighted by Gasteiger charge is -2.03. The van der Waals surface area contributed by atoms with E-state index in [0.717, 1.165) is 4.88 Å². The minimum absolute atomic E-state index is 0.141. The fraction of sp³-hybridized carbons (Fsp3) is 0.222. The van der Waals surface area contributed by atoms with Gasteiger partial charge in [-0.1, -0.05) is 6.07 Å². The molecule has 2 rings (SSSR count). The summed E-state index contributed by atoms with van der Waals surface area (Å²) in [5, 5.41) is 1.98. The summed E-state index contributed by atoms with van der Waals surface area (Å²) in [5.74, 6) is -0.201.